The highest BCUT2D eigenvalue weighted by molar-refractivity contribution is 7.88. The highest BCUT2D eigenvalue weighted by atomic mass is 32.2. The summed E-state index contributed by atoms with van der Waals surface area (Å²) >= 11 is 0. The molecule has 9 aromatic heterocycles. The summed E-state index contributed by atoms with van der Waals surface area (Å²) in [6, 6.07) is 35.0. The maximum Gasteiger partial charge on any atom is 0.257 e. The number of rotatable bonds is 14. The molecule has 1 aliphatic carbocycles. The molecule has 4 aliphatic rings. The molecule has 12 heterocycles. The maximum absolute atomic E-state index is 12.9. The summed E-state index contributed by atoms with van der Waals surface area (Å²) in [6.07, 6.45) is 23.5. The van der Waals surface area contributed by atoms with Gasteiger partial charge in [0.15, 0.2) is 16.9 Å². The minimum atomic E-state index is -3.15. The summed E-state index contributed by atoms with van der Waals surface area (Å²) in [5.41, 5.74) is 16.4. The number of carbonyl (C=O) groups excluding carboxylic acids is 4. The number of hydrogen-bond donors (Lipinski definition) is 3. The fourth-order valence-corrected chi connectivity index (χ4v) is 14.2. The first-order valence-corrected chi connectivity index (χ1v) is 38.8. The van der Waals surface area contributed by atoms with Gasteiger partial charge in [-0.2, -0.15) is 19.6 Å². The van der Waals surface area contributed by atoms with E-state index in [0.717, 1.165) is 104 Å². The number of fused-ring (bicyclic) bond motifs is 3. The Morgan fingerprint density at radius 1 is 0.420 bits per heavy atom. The first kappa shape index (κ1) is 76.1. The maximum atomic E-state index is 12.9. The highest BCUT2D eigenvalue weighted by Gasteiger charge is 2.31. The van der Waals surface area contributed by atoms with Crippen LogP contribution in [-0.2, 0) is 34.5 Å². The van der Waals surface area contributed by atoms with Crippen LogP contribution in [0.15, 0.2) is 184 Å². The van der Waals surface area contributed by atoms with Crippen molar-refractivity contribution in [1.29, 1.82) is 0 Å². The zero-order chi connectivity index (χ0) is 77.7. The summed E-state index contributed by atoms with van der Waals surface area (Å²) in [6.45, 7) is 20.5. The van der Waals surface area contributed by atoms with Gasteiger partial charge >= 0.3 is 0 Å². The molecule has 3 N–H and O–H groups in total. The second-order valence-corrected chi connectivity index (χ2v) is 30.0. The molecule has 4 amide bonds. The quantitative estimate of drug-likeness (QED) is 0.0863. The average molecular weight is 1510 g/mol. The number of aromatic nitrogens is 12. The van der Waals surface area contributed by atoms with Gasteiger partial charge in [0.2, 0.25) is 15.9 Å². The van der Waals surface area contributed by atoms with Crippen molar-refractivity contribution in [1.82, 2.24) is 87.6 Å². The van der Waals surface area contributed by atoms with Crippen LogP contribution in [0.4, 0.5) is 17.1 Å². The zero-order valence-electron chi connectivity index (χ0n) is 62.8. The van der Waals surface area contributed by atoms with E-state index in [4.69, 9.17) is 0 Å². The number of anilines is 3. The van der Waals surface area contributed by atoms with E-state index < -0.39 is 10.0 Å². The summed E-state index contributed by atoms with van der Waals surface area (Å²) in [5.74, 6) is 17.7. The molecule has 0 spiro atoms. The lowest BCUT2D eigenvalue weighted by Crippen LogP contribution is -2.47. The molecule has 27 nitrogen and oxygen atoms in total. The first-order chi connectivity index (χ1) is 54.3. The van der Waals surface area contributed by atoms with E-state index in [-0.39, 0.29) is 23.6 Å². The van der Waals surface area contributed by atoms with Gasteiger partial charge in [-0.1, -0.05) is 36.0 Å². The number of benzene rings is 3. The molecule has 1 saturated carbocycles. The van der Waals surface area contributed by atoms with Crippen LogP contribution in [0.25, 0.3) is 16.9 Å². The Balaban J connectivity index is 0.000000140. The standard InChI is InChI=1S/C29H29N7O.C28H27N7O2.C27H27N7O3S/c1-21-15-25(6-5-23(21)20-34-11-13-35(14-12-34)26-8-9-26)33-29(37)24-16-22(17-30-18-24)4-7-27-19-31-28-3-2-10-32-36(27)28;1-20-14-25(7-6-23(20)19-33-10-12-34(13-11-33)21(2)36)32-28(37)24-15-22(16-29-17-24)5-8-26-18-30-27-4-3-9-31-35(26)27;1-20-14-24(7-6-22(20)19-32-10-12-33(13-11-32)38(2,36)37)31-27(35)23-15-21(16-28-17-23)5-8-25-18-29-26-4-3-9-30-34(25)26/h2-3,5-6,10,15-19,26H,8-9,11-14,20H2,1H3,(H,33,37);3-4,6-7,9,14-18H,10-13,19H2,1-2H3,(H,32,37);3-4,6-7,9,14-18H,10-13,19H2,1-2H3,(H,31,35). The van der Waals surface area contributed by atoms with Gasteiger partial charge in [0.05, 0.1) is 41.5 Å². The minimum absolute atomic E-state index is 0.132. The van der Waals surface area contributed by atoms with Crippen LogP contribution in [-0.4, -0.2) is 210 Å². The topological polar surface area (TPSA) is 287 Å². The van der Waals surface area contributed by atoms with Crippen molar-refractivity contribution in [3.05, 3.63) is 267 Å². The summed E-state index contributed by atoms with van der Waals surface area (Å²) in [5, 5.41) is 21.7. The molecule has 3 aromatic carbocycles. The number of amides is 4. The summed E-state index contributed by atoms with van der Waals surface area (Å²) < 4.78 is 30.0. The monoisotopic (exact) mass is 1510 g/mol. The van der Waals surface area contributed by atoms with Gasteiger partial charge in [-0.05, 0) is 176 Å². The first-order valence-electron chi connectivity index (χ1n) is 37.0. The van der Waals surface area contributed by atoms with E-state index in [1.807, 2.05) is 104 Å². The van der Waals surface area contributed by atoms with Crippen molar-refractivity contribution in [2.75, 3.05) is 101 Å². The van der Waals surface area contributed by atoms with Crippen molar-refractivity contribution in [3.63, 3.8) is 0 Å². The summed E-state index contributed by atoms with van der Waals surface area (Å²) in [7, 11) is -3.15. The number of hydrogen-bond acceptors (Lipinski definition) is 19. The SMILES string of the molecule is CC(=O)N1CCN(Cc2ccc(NC(=O)c3cncc(C#Cc4cnc5cccnn45)c3)cc2C)CC1.Cc1cc(NC(=O)c2cncc(C#Cc3cnc4cccnn34)c2)ccc1CN1CCN(C2CC2)CC1.Cc1cc(NC(=O)c2cncc(C#Cc3cnc4cccnn34)c2)ccc1CN1CCN(S(C)(=O)=O)CC1. The van der Waals surface area contributed by atoms with Crippen LogP contribution in [0.5, 0.6) is 0 Å². The van der Waals surface area contributed by atoms with Gasteiger partial charge in [0.25, 0.3) is 17.7 Å². The normalized spacial score (nSPS) is 14.9. The Morgan fingerprint density at radius 3 is 1.08 bits per heavy atom. The van der Waals surface area contributed by atoms with E-state index in [2.05, 4.69) is 129 Å². The Bertz CT molecular complexity index is 5820. The molecule has 3 aliphatic heterocycles. The highest BCUT2D eigenvalue weighted by Crippen LogP contribution is 2.29. The Labute approximate surface area is 649 Å². The molecule has 0 radical (unpaired) electrons. The Kier molecular flexibility index (Phi) is 23.7. The molecule has 0 unspecified atom stereocenters. The van der Waals surface area contributed by atoms with Crippen LogP contribution in [0.3, 0.4) is 0 Å². The molecule has 0 bridgehead atoms. The molecule has 112 heavy (non-hydrogen) atoms. The van der Waals surface area contributed by atoms with Gasteiger partial charge in [0, 0.05) is 201 Å². The molecule has 0 atom stereocenters. The van der Waals surface area contributed by atoms with Crippen LogP contribution < -0.4 is 16.0 Å². The fourth-order valence-electron chi connectivity index (χ4n) is 13.4. The molecule has 28 heteroatoms. The van der Waals surface area contributed by atoms with Crippen molar-refractivity contribution in [2.24, 2.45) is 0 Å². The van der Waals surface area contributed by atoms with Crippen LogP contribution in [0, 0.1) is 56.3 Å². The third kappa shape index (κ3) is 19.6. The number of sulfonamides is 1. The smallest absolute Gasteiger partial charge is 0.257 e. The van der Waals surface area contributed by atoms with Crippen molar-refractivity contribution >= 4 is 67.7 Å². The van der Waals surface area contributed by atoms with Crippen LogP contribution >= 0.6 is 0 Å². The molecule has 3 saturated heterocycles. The third-order valence-electron chi connectivity index (χ3n) is 19.9. The van der Waals surface area contributed by atoms with E-state index in [1.165, 1.54) is 65.6 Å². The second-order valence-electron chi connectivity index (χ2n) is 28.0. The average Bonchev–Trinajstić information content (AvgIpc) is 1.73. The van der Waals surface area contributed by atoms with Gasteiger partial charge in [0.1, 0.15) is 17.1 Å². The third-order valence-corrected chi connectivity index (χ3v) is 21.2. The minimum Gasteiger partial charge on any atom is -0.340 e. The zero-order valence-corrected chi connectivity index (χ0v) is 63.6. The van der Waals surface area contributed by atoms with E-state index in [1.54, 1.807) is 101 Å². The molecular weight excluding hydrogens is 1430 g/mol. The predicted molar refractivity (Wildman–Crippen MR) is 426 cm³/mol. The number of pyridine rings is 3. The Morgan fingerprint density at radius 2 is 0.759 bits per heavy atom. The van der Waals surface area contributed by atoms with E-state index in [0.29, 0.717) is 88.0 Å². The van der Waals surface area contributed by atoms with Crippen molar-refractivity contribution in [2.45, 2.75) is 66.2 Å². The number of carbonyl (C=O) groups is 4. The number of nitrogens with one attached hydrogen (secondary N) is 3. The molecule has 4 fully saturated rings. The summed E-state index contributed by atoms with van der Waals surface area (Å²) in [4.78, 5) is 87.4. The largest absolute Gasteiger partial charge is 0.340 e. The number of nitrogens with zero attached hydrogens (tertiary/aromatic N) is 18. The van der Waals surface area contributed by atoms with Crippen LogP contribution in [0.1, 0.15) is 118 Å². The molecule has 12 aromatic rings. The van der Waals surface area contributed by atoms with Gasteiger partial charge in [-0.3, -0.25) is 53.7 Å². The van der Waals surface area contributed by atoms with Gasteiger partial charge < -0.3 is 20.9 Å². The van der Waals surface area contributed by atoms with Crippen molar-refractivity contribution in [3.8, 4) is 35.5 Å². The predicted octanol–water partition coefficient (Wildman–Crippen LogP) is 8.28. The molecular formula is C84H83N21O6S. The number of imidazole rings is 3. The second kappa shape index (κ2) is 34.9. The van der Waals surface area contributed by atoms with Crippen LogP contribution in [0.2, 0.25) is 0 Å². The van der Waals surface area contributed by atoms with Gasteiger partial charge in [-0.25, -0.2) is 36.9 Å². The Hall–Kier alpha value is -12.7. The molecule has 16 rings (SSSR count). The number of piperazine rings is 3. The lowest BCUT2D eigenvalue weighted by Gasteiger charge is -2.35. The van der Waals surface area contributed by atoms with E-state index >= 15 is 0 Å². The van der Waals surface area contributed by atoms with Gasteiger partial charge in [-0.15, -0.1) is 0 Å². The fraction of sp³-hybridized carbons (Fsp3) is 0.274. The lowest BCUT2D eigenvalue weighted by atomic mass is 10.1. The lowest BCUT2D eigenvalue weighted by molar-refractivity contribution is -0.130. The van der Waals surface area contributed by atoms with E-state index in [9.17, 15) is 27.6 Å². The number of aryl methyl sites for hydroxylation is 3. The van der Waals surface area contributed by atoms with Crippen molar-refractivity contribution < 1.29 is 27.6 Å². The molecule has 566 valence electrons.